The Hall–Kier alpha value is -7.63. The number of benzene rings is 8. The first-order valence-corrected chi connectivity index (χ1v) is 18.9. The number of hydrogen-bond donors (Lipinski definition) is 0. The fourth-order valence-corrected chi connectivity index (χ4v) is 8.15. The molecular weight excluding hydrogens is 683 g/mol. The van der Waals surface area contributed by atoms with E-state index in [2.05, 4.69) is 149 Å². The Morgan fingerprint density at radius 3 is 1.23 bits per heavy atom. The molecule has 0 aliphatic rings. The fraction of sp³-hybridized carbons (Fsp3) is 0. The minimum absolute atomic E-state index is 0.580. The van der Waals surface area contributed by atoms with Crippen LogP contribution < -0.4 is 0 Å². The third-order valence-corrected chi connectivity index (χ3v) is 10.8. The van der Waals surface area contributed by atoms with Crippen LogP contribution in [0.3, 0.4) is 0 Å². The number of aromatic nitrogens is 5. The Labute approximate surface area is 323 Å². The van der Waals surface area contributed by atoms with Gasteiger partial charge in [-0.2, -0.15) is 9.97 Å². The molecule has 5 nitrogen and oxygen atoms in total. The zero-order valence-electron chi connectivity index (χ0n) is 30.3. The number of fused-ring (bicyclic) bond motifs is 6. The summed E-state index contributed by atoms with van der Waals surface area (Å²) in [5.74, 6) is 1.84. The molecule has 0 bridgehead atoms. The van der Waals surface area contributed by atoms with Crippen molar-refractivity contribution in [2.24, 2.45) is 0 Å². The van der Waals surface area contributed by atoms with Crippen molar-refractivity contribution in [3.05, 3.63) is 200 Å². The first-order valence-electron chi connectivity index (χ1n) is 18.9. The van der Waals surface area contributed by atoms with Crippen molar-refractivity contribution in [3.63, 3.8) is 0 Å². The van der Waals surface area contributed by atoms with Gasteiger partial charge in [-0.1, -0.05) is 158 Å². The van der Waals surface area contributed by atoms with Crippen LogP contribution in [-0.2, 0) is 0 Å². The van der Waals surface area contributed by atoms with E-state index >= 15 is 0 Å². The van der Waals surface area contributed by atoms with Gasteiger partial charge in [0.15, 0.2) is 11.6 Å². The van der Waals surface area contributed by atoms with Crippen LogP contribution in [0.15, 0.2) is 200 Å². The molecule has 56 heavy (non-hydrogen) atoms. The molecule has 262 valence electrons. The Bertz CT molecular complexity index is 3180. The number of para-hydroxylation sites is 3. The third-order valence-electron chi connectivity index (χ3n) is 10.8. The molecule has 0 N–H and O–H groups in total. The van der Waals surface area contributed by atoms with E-state index < -0.39 is 0 Å². The van der Waals surface area contributed by atoms with Crippen LogP contribution in [0, 0.1) is 0 Å². The van der Waals surface area contributed by atoms with Crippen LogP contribution >= 0.6 is 0 Å². The van der Waals surface area contributed by atoms with Gasteiger partial charge in [-0.25, -0.2) is 4.98 Å². The van der Waals surface area contributed by atoms with Crippen LogP contribution in [0.25, 0.3) is 100 Å². The van der Waals surface area contributed by atoms with Gasteiger partial charge in [0.1, 0.15) is 0 Å². The van der Waals surface area contributed by atoms with Crippen LogP contribution in [0.1, 0.15) is 0 Å². The maximum Gasteiger partial charge on any atom is 0.238 e. The molecular formula is C51H33N5. The summed E-state index contributed by atoms with van der Waals surface area (Å²) in [4.78, 5) is 15.2. The summed E-state index contributed by atoms with van der Waals surface area (Å²) in [6, 6.07) is 70.5. The van der Waals surface area contributed by atoms with Gasteiger partial charge in [0.25, 0.3) is 0 Å². The average Bonchev–Trinajstić information content (AvgIpc) is 3.79. The molecule has 0 fully saturated rings. The highest BCUT2D eigenvalue weighted by molar-refractivity contribution is 6.11. The van der Waals surface area contributed by atoms with Crippen molar-refractivity contribution in [2.45, 2.75) is 0 Å². The zero-order valence-corrected chi connectivity index (χ0v) is 30.3. The normalized spacial score (nSPS) is 11.6. The molecule has 11 rings (SSSR count). The number of rotatable bonds is 6. The van der Waals surface area contributed by atoms with Gasteiger partial charge in [0.2, 0.25) is 5.95 Å². The van der Waals surface area contributed by atoms with E-state index in [0.29, 0.717) is 17.6 Å². The lowest BCUT2D eigenvalue weighted by Crippen LogP contribution is -2.06. The highest BCUT2D eigenvalue weighted by atomic mass is 15.2. The second-order valence-corrected chi connectivity index (χ2v) is 14.1. The van der Waals surface area contributed by atoms with Crippen LogP contribution in [0.2, 0.25) is 0 Å². The topological polar surface area (TPSA) is 48.5 Å². The van der Waals surface area contributed by atoms with E-state index in [1.165, 1.54) is 27.4 Å². The summed E-state index contributed by atoms with van der Waals surface area (Å²) in [5, 5.41) is 4.78. The SMILES string of the molecule is c1ccc(-c2nc(-c3ccccc3)nc(-n3c4ccccc4c4ccc(-c5cccc(-c6ccc7c8ccccc8n(-c8ccccc8)c7c6)c5)cc43)n2)cc1. The Morgan fingerprint density at radius 2 is 0.679 bits per heavy atom. The smallest absolute Gasteiger partial charge is 0.238 e. The van der Waals surface area contributed by atoms with Gasteiger partial charge in [-0.05, 0) is 64.7 Å². The van der Waals surface area contributed by atoms with Crippen molar-refractivity contribution < 1.29 is 0 Å². The van der Waals surface area contributed by atoms with E-state index in [9.17, 15) is 0 Å². The lowest BCUT2D eigenvalue weighted by atomic mass is 9.97. The molecule has 8 aromatic carbocycles. The van der Waals surface area contributed by atoms with Gasteiger partial charge in [-0.15, -0.1) is 0 Å². The van der Waals surface area contributed by atoms with E-state index in [1.54, 1.807) is 0 Å². The van der Waals surface area contributed by atoms with Crippen molar-refractivity contribution in [2.75, 3.05) is 0 Å². The monoisotopic (exact) mass is 715 g/mol. The van der Waals surface area contributed by atoms with Gasteiger partial charge < -0.3 is 4.57 Å². The summed E-state index contributed by atoms with van der Waals surface area (Å²) < 4.78 is 4.56. The predicted octanol–water partition coefficient (Wildman–Crippen LogP) is 12.7. The molecule has 0 aliphatic heterocycles. The summed E-state index contributed by atoms with van der Waals surface area (Å²) in [6.45, 7) is 0. The molecule has 3 aromatic heterocycles. The molecule has 5 heteroatoms. The third kappa shape index (κ3) is 5.29. The molecule has 11 aromatic rings. The van der Waals surface area contributed by atoms with Crippen molar-refractivity contribution in [1.82, 2.24) is 24.1 Å². The van der Waals surface area contributed by atoms with Crippen molar-refractivity contribution >= 4 is 43.6 Å². The standard InChI is InChI=1S/C51H33N5/c1-4-15-34(16-5-1)49-52-50(35-17-6-2-7-18-35)54-51(53-49)56-46-26-13-11-24-42(46)44-30-28-39(33-48(44)56)37-20-14-19-36(31-37)38-27-29-43-41-23-10-12-25-45(41)55(47(43)32-38)40-21-8-3-9-22-40/h1-33H. The molecule has 0 amide bonds. The minimum atomic E-state index is 0.580. The average molecular weight is 716 g/mol. The predicted molar refractivity (Wildman–Crippen MR) is 230 cm³/mol. The second kappa shape index (κ2) is 13.0. The highest BCUT2D eigenvalue weighted by Crippen LogP contribution is 2.38. The van der Waals surface area contributed by atoms with E-state index in [1.807, 2.05) is 60.7 Å². The largest absolute Gasteiger partial charge is 0.309 e. The quantitative estimate of drug-likeness (QED) is 0.172. The summed E-state index contributed by atoms with van der Waals surface area (Å²) in [7, 11) is 0. The molecule has 0 spiro atoms. The Balaban J connectivity index is 1.08. The van der Waals surface area contributed by atoms with Gasteiger partial charge in [-0.3, -0.25) is 4.57 Å². The first-order chi connectivity index (χ1) is 27.8. The zero-order chi connectivity index (χ0) is 37.0. The lowest BCUT2D eigenvalue weighted by Gasteiger charge is -2.12. The van der Waals surface area contributed by atoms with E-state index in [0.717, 1.165) is 55.3 Å². The number of hydrogen-bond acceptors (Lipinski definition) is 3. The van der Waals surface area contributed by atoms with Crippen molar-refractivity contribution in [1.29, 1.82) is 0 Å². The Morgan fingerprint density at radius 1 is 0.268 bits per heavy atom. The molecule has 0 radical (unpaired) electrons. The van der Waals surface area contributed by atoms with Crippen LogP contribution in [0.5, 0.6) is 0 Å². The summed E-state index contributed by atoms with van der Waals surface area (Å²) >= 11 is 0. The van der Waals surface area contributed by atoms with Crippen molar-refractivity contribution in [3.8, 4) is 56.7 Å². The molecule has 0 saturated heterocycles. The molecule has 3 heterocycles. The maximum atomic E-state index is 5.14. The van der Waals surface area contributed by atoms with Crippen LogP contribution in [-0.4, -0.2) is 24.1 Å². The summed E-state index contributed by atoms with van der Waals surface area (Å²) in [5.41, 5.74) is 12.1. The lowest BCUT2D eigenvalue weighted by molar-refractivity contribution is 0.953. The number of nitrogens with zero attached hydrogens (tertiary/aromatic N) is 5. The Kier molecular flexibility index (Phi) is 7.42. The molecule has 0 atom stereocenters. The van der Waals surface area contributed by atoms with Gasteiger partial charge >= 0.3 is 0 Å². The first kappa shape index (κ1) is 31.9. The molecule has 0 unspecified atom stereocenters. The highest BCUT2D eigenvalue weighted by Gasteiger charge is 2.19. The molecule has 0 saturated carbocycles. The second-order valence-electron chi connectivity index (χ2n) is 14.1. The maximum absolute atomic E-state index is 5.14. The van der Waals surface area contributed by atoms with E-state index in [4.69, 9.17) is 15.0 Å². The van der Waals surface area contributed by atoms with E-state index in [-0.39, 0.29) is 0 Å². The van der Waals surface area contributed by atoms with Gasteiger partial charge in [0.05, 0.1) is 22.1 Å². The fourth-order valence-electron chi connectivity index (χ4n) is 8.15. The summed E-state index contributed by atoms with van der Waals surface area (Å²) in [6.07, 6.45) is 0. The molecule has 0 aliphatic carbocycles. The van der Waals surface area contributed by atoms with Crippen LogP contribution in [0.4, 0.5) is 0 Å². The van der Waals surface area contributed by atoms with Gasteiger partial charge in [0, 0.05) is 38.4 Å². The minimum Gasteiger partial charge on any atom is -0.309 e.